The SMILES string of the molecule is CNCCCCCN/C=C\N1CCOCCN(C)CCOCC1. The van der Waals surface area contributed by atoms with Crippen LogP contribution in [0.15, 0.2) is 12.4 Å². The Labute approximate surface area is 142 Å². The molecule has 0 atom stereocenters. The largest absolute Gasteiger partial charge is 0.390 e. The van der Waals surface area contributed by atoms with Crippen LogP contribution >= 0.6 is 0 Å². The molecule has 0 aromatic rings. The van der Waals surface area contributed by atoms with Crippen LogP contribution in [0.4, 0.5) is 0 Å². The Morgan fingerprint density at radius 1 is 0.870 bits per heavy atom. The summed E-state index contributed by atoms with van der Waals surface area (Å²) in [6.45, 7) is 9.01. The first-order valence-electron chi connectivity index (χ1n) is 8.95. The molecule has 0 aliphatic carbocycles. The number of nitrogens with zero attached hydrogens (tertiary/aromatic N) is 2. The average Bonchev–Trinajstić information content (AvgIpc) is 2.54. The second-order valence-corrected chi connectivity index (χ2v) is 6.00. The van der Waals surface area contributed by atoms with Crippen molar-refractivity contribution >= 4 is 0 Å². The van der Waals surface area contributed by atoms with Crippen LogP contribution < -0.4 is 10.6 Å². The Hall–Kier alpha value is -0.820. The van der Waals surface area contributed by atoms with Gasteiger partial charge >= 0.3 is 0 Å². The first-order chi connectivity index (χ1) is 11.3. The van der Waals surface area contributed by atoms with Gasteiger partial charge in [-0.15, -0.1) is 0 Å². The third-order valence-corrected chi connectivity index (χ3v) is 3.93. The fourth-order valence-corrected chi connectivity index (χ4v) is 2.33. The maximum Gasteiger partial charge on any atom is 0.0642 e. The van der Waals surface area contributed by atoms with Gasteiger partial charge in [-0.05, 0) is 33.5 Å². The van der Waals surface area contributed by atoms with Crippen molar-refractivity contribution in [3.8, 4) is 0 Å². The summed E-state index contributed by atoms with van der Waals surface area (Å²) in [7, 11) is 4.11. The van der Waals surface area contributed by atoms with E-state index in [1.54, 1.807) is 0 Å². The molecule has 0 spiro atoms. The smallest absolute Gasteiger partial charge is 0.0642 e. The fraction of sp³-hybridized carbons (Fsp3) is 0.882. The molecule has 6 heteroatoms. The number of unbranched alkanes of at least 4 members (excludes halogenated alkanes) is 2. The van der Waals surface area contributed by atoms with E-state index in [-0.39, 0.29) is 0 Å². The number of hydrogen-bond donors (Lipinski definition) is 2. The van der Waals surface area contributed by atoms with E-state index < -0.39 is 0 Å². The van der Waals surface area contributed by atoms with Crippen molar-refractivity contribution in [2.24, 2.45) is 0 Å². The van der Waals surface area contributed by atoms with E-state index in [1.807, 2.05) is 7.05 Å². The number of rotatable bonds is 8. The molecule has 0 amide bonds. The van der Waals surface area contributed by atoms with Gasteiger partial charge in [-0.25, -0.2) is 0 Å². The van der Waals surface area contributed by atoms with Gasteiger partial charge in [0.2, 0.25) is 0 Å². The van der Waals surface area contributed by atoms with Crippen molar-refractivity contribution in [2.75, 3.05) is 79.8 Å². The Morgan fingerprint density at radius 3 is 2.13 bits per heavy atom. The van der Waals surface area contributed by atoms with Gasteiger partial charge in [-0.1, -0.05) is 6.42 Å². The molecular formula is C17H36N4O2. The van der Waals surface area contributed by atoms with Gasteiger partial charge in [-0.3, -0.25) is 0 Å². The normalized spacial score (nSPS) is 19.5. The summed E-state index contributed by atoms with van der Waals surface area (Å²) >= 11 is 0. The highest BCUT2D eigenvalue weighted by Gasteiger charge is 2.04. The maximum atomic E-state index is 5.71. The van der Waals surface area contributed by atoms with Crippen molar-refractivity contribution < 1.29 is 9.47 Å². The van der Waals surface area contributed by atoms with Crippen LogP contribution in [0.5, 0.6) is 0 Å². The highest BCUT2D eigenvalue weighted by atomic mass is 16.5. The number of ether oxygens (including phenoxy) is 2. The second kappa shape index (κ2) is 14.8. The monoisotopic (exact) mass is 328 g/mol. The van der Waals surface area contributed by atoms with Crippen LogP contribution in [0.1, 0.15) is 19.3 Å². The lowest BCUT2D eigenvalue weighted by Crippen LogP contribution is -2.32. The Kier molecular flexibility index (Phi) is 13.0. The van der Waals surface area contributed by atoms with E-state index >= 15 is 0 Å². The zero-order chi connectivity index (χ0) is 16.6. The van der Waals surface area contributed by atoms with Gasteiger partial charge < -0.3 is 29.9 Å². The molecule has 0 aromatic carbocycles. The molecule has 1 heterocycles. The molecule has 0 saturated carbocycles. The fourth-order valence-electron chi connectivity index (χ4n) is 2.33. The van der Waals surface area contributed by atoms with Crippen molar-refractivity contribution in [2.45, 2.75) is 19.3 Å². The molecule has 1 rings (SSSR count). The molecule has 136 valence electrons. The van der Waals surface area contributed by atoms with Crippen LogP contribution in [0.3, 0.4) is 0 Å². The zero-order valence-electron chi connectivity index (χ0n) is 15.1. The van der Waals surface area contributed by atoms with Crippen LogP contribution in [0.2, 0.25) is 0 Å². The van der Waals surface area contributed by atoms with Crippen molar-refractivity contribution in [3.05, 3.63) is 12.4 Å². The lowest BCUT2D eigenvalue weighted by atomic mass is 10.2. The van der Waals surface area contributed by atoms with E-state index in [0.717, 1.165) is 65.7 Å². The van der Waals surface area contributed by atoms with Crippen LogP contribution in [-0.2, 0) is 9.47 Å². The summed E-state index contributed by atoms with van der Waals surface area (Å²) in [5.41, 5.74) is 0. The molecule has 1 saturated heterocycles. The third kappa shape index (κ3) is 12.3. The Balaban J connectivity index is 2.15. The molecule has 23 heavy (non-hydrogen) atoms. The molecule has 0 bridgehead atoms. The van der Waals surface area contributed by atoms with Gasteiger partial charge in [-0.2, -0.15) is 0 Å². The van der Waals surface area contributed by atoms with Crippen molar-refractivity contribution in [3.63, 3.8) is 0 Å². The van der Waals surface area contributed by atoms with Crippen LogP contribution in [-0.4, -0.2) is 89.6 Å². The third-order valence-electron chi connectivity index (χ3n) is 3.93. The minimum absolute atomic E-state index is 0.766. The predicted molar refractivity (Wildman–Crippen MR) is 95.6 cm³/mol. The van der Waals surface area contributed by atoms with E-state index in [2.05, 4.69) is 39.9 Å². The summed E-state index contributed by atoms with van der Waals surface area (Å²) in [5.74, 6) is 0. The standard InChI is InChI=1S/C17H36N4O2/c1-18-6-4-3-5-7-19-8-9-21-12-16-22-14-10-20(2)11-15-23-17-13-21/h8-9,18-19H,3-7,10-17H2,1-2H3/b9-8-. The van der Waals surface area contributed by atoms with Crippen molar-refractivity contribution in [1.82, 2.24) is 20.4 Å². The molecular weight excluding hydrogens is 292 g/mol. The number of nitrogens with one attached hydrogen (secondary N) is 2. The molecule has 2 N–H and O–H groups in total. The van der Waals surface area contributed by atoms with E-state index in [9.17, 15) is 0 Å². The van der Waals surface area contributed by atoms with E-state index in [1.165, 1.54) is 19.3 Å². The zero-order valence-corrected chi connectivity index (χ0v) is 15.1. The van der Waals surface area contributed by atoms with Crippen molar-refractivity contribution in [1.29, 1.82) is 0 Å². The Bertz CT molecular complexity index is 276. The molecule has 0 aromatic heterocycles. The quantitative estimate of drug-likeness (QED) is 0.640. The minimum atomic E-state index is 0.766. The van der Waals surface area contributed by atoms with Gasteiger partial charge in [0.15, 0.2) is 0 Å². The lowest BCUT2D eigenvalue weighted by molar-refractivity contribution is 0.0547. The van der Waals surface area contributed by atoms with E-state index in [4.69, 9.17) is 9.47 Å². The predicted octanol–water partition coefficient (Wildman–Crippen LogP) is 0.718. The lowest BCUT2D eigenvalue weighted by Gasteiger charge is -2.23. The van der Waals surface area contributed by atoms with Gasteiger partial charge in [0.05, 0.1) is 26.4 Å². The highest BCUT2D eigenvalue weighted by molar-refractivity contribution is 4.80. The first-order valence-corrected chi connectivity index (χ1v) is 8.95. The van der Waals surface area contributed by atoms with Gasteiger partial charge in [0.1, 0.15) is 0 Å². The maximum absolute atomic E-state index is 5.71. The summed E-state index contributed by atoms with van der Waals surface area (Å²) < 4.78 is 11.4. The molecule has 1 fully saturated rings. The molecule has 1 aliphatic rings. The molecule has 0 radical (unpaired) electrons. The van der Waals surface area contributed by atoms with E-state index in [0.29, 0.717) is 0 Å². The summed E-state index contributed by atoms with van der Waals surface area (Å²) in [4.78, 5) is 4.51. The molecule has 6 nitrogen and oxygen atoms in total. The minimum Gasteiger partial charge on any atom is -0.390 e. The topological polar surface area (TPSA) is 49.0 Å². The second-order valence-electron chi connectivity index (χ2n) is 6.00. The summed E-state index contributed by atoms with van der Waals surface area (Å²) in [6.07, 6.45) is 7.90. The summed E-state index contributed by atoms with van der Waals surface area (Å²) in [5, 5.41) is 6.55. The number of likely N-dealkylation sites (N-methyl/N-ethyl adjacent to an activating group) is 1. The Morgan fingerprint density at radius 2 is 1.48 bits per heavy atom. The first kappa shape index (κ1) is 20.2. The summed E-state index contributed by atoms with van der Waals surface area (Å²) in [6, 6.07) is 0. The highest BCUT2D eigenvalue weighted by Crippen LogP contribution is 1.95. The number of hydrogen-bond acceptors (Lipinski definition) is 6. The van der Waals surface area contributed by atoms with Gasteiger partial charge in [0.25, 0.3) is 0 Å². The van der Waals surface area contributed by atoms with Crippen LogP contribution in [0, 0.1) is 0 Å². The van der Waals surface area contributed by atoms with Crippen LogP contribution in [0.25, 0.3) is 0 Å². The van der Waals surface area contributed by atoms with Gasteiger partial charge in [0, 0.05) is 45.1 Å². The molecule has 0 unspecified atom stereocenters. The average molecular weight is 329 g/mol. The molecule has 1 aliphatic heterocycles.